The fraction of sp³-hybridized carbons (Fsp3) is 0.250. The second-order valence-electron chi connectivity index (χ2n) is 4.92. The number of hydrogen-bond donors (Lipinski definition) is 2. The molecule has 2 aromatic rings. The third kappa shape index (κ3) is 4.65. The van der Waals surface area contributed by atoms with Gasteiger partial charge in [-0.15, -0.1) is 0 Å². The lowest BCUT2D eigenvalue weighted by molar-refractivity contribution is -0.116. The van der Waals surface area contributed by atoms with Crippen LogP contribution in [0.1, 0.15) is 30.0 Å². The summed E-state index contributed by atoms with van der Waals surface area (Å²) >= 11 is 3.38. The van der Waals surface area contributed by atoms with Gasteiger partial charge in [0.15, 0.2) is 0 Å². The zero-order chi connectivity index (χ0) is 15.2. The van der Waals surface area contributed by atoms with Crippen LogP contribution in [-0.2, 0) is 4.79 Å². The number of nitrogens with two attached hydrogens (primary N) is 1. The average Bonchev–Trinajstić information content (AvgIpc) is 2.49. The second-order valence-corrected chi connectivity index (χ2v) is 5.78. The van der Waals surface area contributed by atoms with E-state index in [-0.39, 0.29) is 11.9 Å². The molecule has 0 radical (unpaired) electrons. The van der Waals surface area contributed by atoms with Gasteiger partial charge in [0.2, 0.25) is 5.91 Å². The Morgan fingerprint density at radius 1 is 1.38 bits per heavy atom. The molecule has 0 spiro atoms. The summed E-state index contributed by atoms with van der Waals surface area (Å²) in [5, 5.41) is 2.79. The third-order valence-electron chi connectivity index (χ3n) is 3.22. The number of nitrogens with zero attached hydrogens (tertiary/aromatic N) is 1. The Morgan fingerprint density at radius 3 is 2.76 bits per heavy atom. The second kappa shape index (κ2) is 7.33. The molecule has 0 aliphatic heterocycles. The number of benzene rings is 1. The van der Waals surface area contributed by atoms with Gasteiger partial charge >= 0.3 is 0 Å². The van der Waals surface area contributed by atoms with E-state index in [9.17, 15) is 4.79 Å². The van der Waals surface area contributed by atoms with E-state index in [1.165, 1.54) is 0 Å². The molecule has 0 saturated carbocycles. The van der Waals surface area contributed by atoms with E-state index < -0.39 is 0 Å². The molecule has 0 fully saturated rings. The lowest BCUT2D eigenvalue weighted by atomic mass is 10.0. The highest BCUT2D eigenvalue weighted by molar-refractivity contribution is 9.10. The summed E-state index contributed by atoms with van der Waals surface area (Å²) in [5.74, 6) is 0.490. The standard InChI is InChI=1S/C16H18BrN3O/c1-11-9-15(19-10-13(11)17)20-16(21)8-7-14(18)12-5-3-2-4-6-12/h2-6,9-10,14H,7-8,18H2,1H3,(H,19,20,21). The minimum absolute atomic E-state index is 0.0735. The van der Waals surface area contributed by atoms with Gasteiger partial charge in [0.1, 0.15) is 5.82 Å². The van der Waals surface area contributed by atoms with Crippen molar-refractivity contribution in [1.82, 2.24) is 4.98 Å². The number of anilines is 1. The first-order valence-electron chi connectivity index (χ1n) is 6.79. The van der Waals surface area contributed by atoms with Crippen LogP contribution in [0.2, 0.25) is 0 Å². The largest absolute Gasteiger partial charge is 0.324 e. The first kappa shape index (κ1) is 15.7. The normalized spacial score (nSPS) is 12.0. The number of hydrogen-bond acceptors (Lipinski definition) is 3. The summed E-state index contributed by atoms with van der Waals surface area (Å²) in [7, 11) is 0. The Kier molecular flexibility index (Phi) is 5.47. The van der Waals surface area contributed by atoms with Crippen LogP contribution in [0.25, 0.3) is 0 Å². The molecule has 1 aromatic heterocycles. The minimum atomic E-state index is -0.128. The summed E-state index contributed by atoms with van der Waals surface area (Å²) in [6, 6.07) is 11.5. The van der Waals surface area contributed by atoms with Crippen molar-refractivity contribution < 1.29 is 4.79 Å². The molecule has 0 aliphatic carbocycles. The van der Waals surface area contributed by atoms with Crippen LogP contribution < -0.4 is 11.1 Å². The number of amides is 1. The summed E-state index contributed by atoms with van der Waals surface area (Å²) in [4.78, 5) is 16.1. The maximum Gasteiger partial charge on any atom is 0.225 e. The highest BCUT2D eigenvalue weighted by Crippen LogP contribution is 2.18. The molecule has 1 atom stereocenters. The minimum Gasteiger partial charge on any atom is -0.324 e. The smallest absolute Gasteiger partial charge is 0.225 e. The number of pyridine rings is 1. The average molecular weight is 348 g/mol. The van der Waals surface area contributed by atoms with Crippen LogP contribution >= 0.6 is 15.9 Å². The summed E-state index contributed by atoms with van der Waals surface area (Å²) in [6.07, 6.45) is 2.65. The first-order chi connectivity index (χ1) is 10.1. The van der Waals surface area contributed by atoms with Crippen LogP contribution in [0.15, 0.2) is 47.1 Å². The van der Waals surface area contributed by atoms with Gasteiger partial charge in [-0.25, -0.2) is 4.98 Å². The maximum absolute atomic E-state index is 11.9. The van der Waals surface area contributed by atoms with E-state index >= 15 is 0 Å². The summed E-state index contributed by atoms with van der Waals surface area (Å²) in [5.41, 5.74) is 8.15. The highest BCUT2D eigenvalue weighted by atomic mass is 79.9. The third-order valence-corrected chi connectivity index (χ3v) is 4.05. The van der Waals surface area contributed by atoms with E-state index in [0.29, 0.717) is 18.7 Å². The maximum atomic E-state index is 11.9. The van der Waals surface area contributed by atoms with Crippen LogP contribution in [0.4, 0.5) is 5.82 Å². The number of nitrogens with one attached hydrogen (secondary N) is 1. The molecule has 1 unspecified atom stereocenters. The molecular formula is C16H18BrN3O. The van der Waals surface area contributed by atoms with Gasteiger partial charge in [-0.05, 0) is 46.5 Å². The van der Waals surface area contributed by atoms with E-state index in [2.05, 4.69) is 26.2 Å². The number of carbonyl (C=O) groups excluding carboxylic acids is 1. The Balaban J connectivity index is 1.86. The van der Waals surface area contributed by atoms with Gasteiger partial charge < -0.3 is 11.1 Å². The van der Waals surface area contributed by atoms with Crippen LogP contribution in [0, 0.1) is 6.92 Å². The van der Waals surface area contributed by atoms with Crippen molar-refractivity contribution in [2.24, 2.45) is 5.73 Å². The number of aromatic nitrogens is 1. The van der Waals surface area contributed by atoms with Crippen molar-refractivity contribution >= 4 is 27.7 Å². The lowest BCUT2D eigenvalue weighted by Gasteiger charge is -2.12. The molecule has 0 bridgehead atoms. The van der Waals surface area contributed by atoms with Crippen molar-refractivity contribution in [3.8, 4) is 0 Å². The first-order valence-corrected chi connectivity index (χ1v) is 7.58. The van der Waals surface area contributed by atoms with Crippen molar-refractivity contribution in [2.45, 2.75) is 25.8 Å². The molecule has 21 heavy (non-hydrogen) atoms. The molecule has 2 rings (SSSR count). The fourth-order valence-corrected chi connectivity index (χ4v) is 2.18. The Morgan fingerprint density at radius 2 is 2.10 bits per heavy atom. The van der Waals surface area contributed by atoms with Crippen molar-refractivity contribution in [2.75, 3.05) is 5.32 Å². The van der Waals surface area contributed by atoms with E-state index in [1.54, 1.807) is 6.20 Å². The zero-order valence-electron chi connectivity index (χ0n) is 11.8. The molecule has 0 saturated heterocycles. The Hall–Kier alpha value is -1.72. The number of carbonyl (C=O) groups is 1. The Labute approximate surface area is 132 Å². The SMILES string of the molecule is Cc1cc(NC(=O)CCC(N)c2ccccc2)ncc1Br. The number of halogens is 1. The molecule has 1 aromatic carbocycles. The van der Waals surface area contributed by atoms with Crippen molar-refractivity contribution in [3.63, 3.8) is 0 Å². The fourth-order valence-electron chi connectivity index (χ4n) is 1.97. The summed E-state index contributed by atoms with van der Waals surface area (Å²) in [6.45, 7) is 1.95. The van der Waals surface area contributed by atoms with Gasteiger partial charge in [-0.2, -0.15) is 0 Å². The predicted octanol–water partition coefficient (Wildman–Crippen LogP) is 3.57. The quantitative estimate of drug-likeness (QED) is 0.868. The van der Waals surface area contributed by atoms with Crippen LogP contribution in [0.3, 0.4) is 0 Å². The number of rotatable bonds is 5. The summed E-state index contributed by atoms with van der Waals surface area (Å²) < 4.78 is 0.923. The number of aryl methyl sites for hydroxylation is 1. The highest BCUT2D eigenvalue weighted by Gasteiger charge is 2.10. The van der Waals surface area contributed by atoms with Crippen molar-refractivity contribution in [1.29, 1.82) is 0 Å². The van der Waals surface area contributed by atoms with Gasteiger partial charge in [0.25, 0.3) is 0 Å². The lowest BCUT2D eigenvalue weighted by Crippen LogP contribution is -2.17. The van der Waals surface area contributed by atoms with Crippen molar-refractivity contribution in [3.05, 3.63) is 58.2 Å². The molecule has 1 heterocycles. The molecule has 1 amide bonds. The van der Waals surface area contributed by atoms with E-state index in [1.807, 2.05) is 43.3 Å². The van der Waals surface area contributed by atoms with Gasteiger partial charge in [0, 0.05) is 23.1 Å². The van der Waals surface area contributed by atoms with Gasteiger partial charge in [-0.3, -0.25) is 4.79 Å². The zero-order valence-corrected chi connectivity index (χ0v) is 13.4. The van der Waals surface area contributed by atoms with E-state index in [0.717, 1.165) is 15.6 Å². The topological polar surface area (TPSA) is 68.0 Å². The molecular weight excluding hydrogens is 330 g/mol. The van der Waals surface area contributed by atoms with Crippen LogP contribution in [-0.4, -0.2) is 10.9 Å². The molecule has 110 valence electrons. The molecule has 4 nitrogen and oxygen atoms in total. The van der Waals surface area contributed by atoms with Gasteiger partial charge in [0.05, 0.1) is 0 Å². The van der Waals surface area contributed by atoms with Gasteiger partial charge in [-0.1, -0.05) is 30.3 Å². The van der Waals surface area contributed by atoms with Crippen LogP contribution in [0.5, 0.6) is 0 Å². The predicted molar refractivity (Wildman–Crippen MR) is 87.9 cm³/mol. The molecule has 0 aliphatic rings. The molecule has 3 N–H and O–H groups in total. The van der Waals surface area contributed by atoms with E-state index in [4.69, 9.17) is 5.73 Å². The monoisotopic (exact) mass is 347 g/mol. The Bertz CT molecular complexity index is 616. The molecule has 5 heteroatoms.